The number of hydrogen-bond donors (Lipinski definition) is 4. The maximum absolute atomic E-state index is 11.4. The van der Waals surface area contributed by atoms with Crippen molar-refractivity contribution in [2.45, 2.75) is 70.0 Å². The number of nitrogens with zero attached hydrogens (tertiary/aromatic N) is 2. The first-order valence-corrected chi connectivity index (χ1v) is 13.1. The van der Waals surface area contributed by atoms with Gasteiger partial charge >= 0.3 is 5.97 Å². The molecule has 0 radical (unpaired) electrons. The number of fused-ring (bicyclic) bond motifs is 1. The summed E-state index contributed by atoms with van der Waals surface area (Å²) in [5, 5.41) is 19.2. The number of carbonyl (C=O) groups is 1. The van der Waals surface area contributed by atoms with E-state index in [2.05, 4.69) is 26.0 Å². The van der Waals surface area contributed by atoms with Crippen LogP contribution in [0, 0.1) is 29.6 Å². The van der Waals surface area contributed by atoms with Gasteiger partial charge in [-0.05, 0) is 61.9 Å². The van der Waals surface area contributed by atoms with E-state index in [1.165, 1.54) is 64.5 Å². The number of aliphatic carboxylic acids is 1. The van der Waals surface area contributed by atoms with Gasteiger partial charge in [0, 0.05) is 38.8 Å². The second kappa shape index (κ2) is 10.0. The number of hydrazine groups is 1. The van der Waals surface area contributed by atoms with Gasteiger partial charge in [0.2, 0.25) is 0 Å². The van der Waals surface area contributed by atoms with Crippen LogP contribution >= 0.6 is 0 Å². The second-order valence-electron chi connectivity index (χ2n) is 11.2. The van der Waals surface area contributed by atoms with Crippen molar-refractivity contribution < 1.29 is 9.90 Å². The minimum Gasteiger partial charge on any atom is -0.481 e. The van der Waals surface area contributed by atoms with Crippen LogP contribution in [0.1, 0.15) is 57.8 Å². The lowest BCUT2D eigenvalue weighted by Gasteiger charge is -2.46. The van der Waals surface area contributed by atoms with E-state index >= 15 is 0 Å². The molecule has 4 aliphatic heterocycles. The van der Waals surface area contributed by atoms with Crippen LogP contribution in [0.15, 0.2) is 0 Å². The van der Waals surface area contributed by atoms with Gasteiger partial charge in [-0.1, -0.05) is 32.1 Å². The Morgan fingerprint density at radius 1 is 0.935 bits per heavy atom. The number of rotatable bonds is 6. The number of nitrogens with one attached hydrogen (secondary N) is 3. The second-order valence-corrected chi connectivity index (χ2v) is 11.2. The third kappa shape index (κ3) is 5.27. The Kier molecular flexibility index (Phi) is 7.15. The molecule has 7 heteroatoms. The molecule has 6 atom stereocenters. The fourth-order valence-electron chi connectivity index (χ4n) is 7.44. The van der Waals surface area contributed by atoms with Gasteiger partial charge in [-0.15, -0.1) is 0 Å². The van der Waals surface area contributed by atoms with E-state index in [1.807, 2.05) is 0 Å². The van der Waals surface area contributed by atoms with Gasteiger partial charge in [-0.2, -0.15) is 0 Å². The highest BCUT2D eigenvalue weighted by Crippen LogP contribution is 2.42. The van der Waals surface area contributed by atoms with Crippen molar-refractivity contribution in [3.05, 3.63) is 0 Å². The zero-order valence-electron chi connectivity index (χ0n) is 19.1. The fraction of sp³-hybridized carbons (Fsp3) is 0.958. The van der Waals surface area contributed by atoms with Crippen LogP contribution < -0.4 is 16.1 Å². The Bertz CT molecular complexity index is 607. The summed E-state index contributed by atoms with van der Waals surface area (Å²) in [6.45, 7) is 7.81. The summed E-state index contributed by atoms with van der Waals surface area (Å²) in [7, 11) is 0. The van der Waals surface area contributed by atoms with Gasteiger partial charge in [-0.3, -0.25) is 20.4 Å². The van der Waals surface area contributed by atoms with Crippen LogP contribution in [0.2, 0.25) is 0 Å². The molecule has 0 aromatic carbocycles. The van der Waals surface area contributed by atoms with Crippen molar-refractivity contribution in [3.63, 3.8) is 0 Å². The summed E-state index contributed by atoms with van der Waals surface area (Å²) < 4.78 is 0. The van der Waals surface area contributed by atoms with Crippen LogP contribution in [0.4, 0.5) is 0 Å². The summed E-state index contributed by atoms with van der Waals surface area (Å²) in [4.78, 5) is 14.0. The molecule has 0 aromatic rings. The molecule has 0 amide bonds. The molecule has 6 unspecified atom stereocenters. The standard InChI is InChI=1S/C24H43N5O2/c30-23(31)10-21-16-28-14-19(18-6-2-1-3-7-18)9-22(24(28)27-21)20-12-26-29(15-20)13-17-5-4-8-25-11-17/h17-22,24-27H,1-16H2,(H,30,31). The third-order valence-electron chi connectivity index (χ3n) is 8.96. The van der Waals surface area contributed by atoms with Gasteiger partial charge in [0.1, 0.15) is 0 Å². The first kappa shape index (κ1) is 22.1. The molecular weight excluding hydrogens is 390 g/mol. The zero-order chi connectivity index (χ0) is 21.2. The molecule has 176 valence electrons. The molecule has 4 N–H and O–H groups in total. The van der Waals surface area contributed by atoms with Crippen LogP contribution in [-0.2, 0) is 4.79 Å². The lowest BCUT2D eigenvalue weighted by Crippen LogP contribution is -2.54. The molecule has 5 rings (SSSR count). The highest BCUT2D eigenvalue weighted by Gasteiger charge is 2.48. The molecule has 5 aliphatic rings. The highest BCUT2D eigenvalue weighted by atomic mass is 16.4. The number of carboxylic acid groups (broad SMARTS) is 1. The predicted molar refractivity (Wildman–Crippen MR) is 121 cm³/mol. The number of piperidine rings is 2. The first-order valence-electron chi connectivity index (χ1n) is 13.1. The van der Waals surface area contributed by atoms with E-state index in [0.29, 0.717) is 18.0 Å². The van der Waals surface area contributed by atoms with Crippen molar-refractivity contribution in [1.82, 2.24) is 26.0 Å². The van der Waals surface area contributed by atoms with Crippen molar-refractivity contribution in [2.24, 2.45) is 29.6 Å². The van der Waals surface area contributed by atoms with Gasteiger partial charge in [-0.25, -0.2) is 5.01 Å². The van der Waals surface area contributed by atoms with Gasteiger partial charge in [0.15, 0.2) is 0 Å². The normalized spacial score (nSPS) is 40.8. The molecule has 5 fully saturated rings. The van der Waals surface area contributed by atoms with Crippen LogP contribution in [0.3, 0.4) is 0 Å². The summed E-state index contributed by atoms with van der Waals surface area (Å²) in [5.41, 5.74) is 3.73. The lowest BCUT2D eigenvalue weighted by atomic mass is 9.70. The molecule has 0 spiro atoms. The van der Waals surface area contributed by atoms with E-state index < -0.39 is 5.97 Å². The fourth-order valence-corrected chi connectivity index (χ4v) is 7.44. The molecule has 1 saturated carbocycles. The maximum atomic E-state index is 11.4. The van der Waals surface area contributed by atoms with Gasteiger partial charge < -0.3 is 10.4 Å². The van der Waals surface area contributed by atoms with Crippen LogP contribution in [-0.4, -0.2) is 79.0 Å². The van der Waals surface area contributed by atoms with E-state index in [0.717, 1.165) is 50.5 Å². The van der Waals surface area contributed by atoms with E-state index in [-0.39, 0.29) is 12.5 Å². The largest absolute Gasteiger partial charge is 0.481 e. The molecule has 4 heterocycles. The smallest absolute Gasteiger partial charge is 0.304 e. The molecular formula is C24H43N5O2. The minimum atomic E-state index is -0.674. The minimum absolute atomic E-state index is 0.105. The monoisotopic (exact) mass is 433 g/mol. The Labute approximate surface area is 187 Å². The molecule has 0 aromatic heterocycles. The SMILES string of the molecule is O=C(O)CC1CN2CC(C3CCCCC3)CC(C3CNN(CC4CCCNC4)C3)C2N1. The van der Waals surface area contributed by atoms with Crippen molar-refractivity contribution in [2.75, 3.05) is 45.8 Å². The average molecular weight is 434 g/mol. The van der Waals surface area contributed by atoms with Gasteiger partial charge in [0.05, 0.1) is 12.6 Å². The molecule has 7 nitrogen and oxygen atoms in total. The Morgan fingerprint density at radius 3 is 2.58 bits per heavy atom. The zero-order valence-corrected chi connectivity index (χ0v) is 19.1. The molecule has 31 heavy (non-hydrogen) atoms. The molecule has 1 aliphatic carbocycles. The van der Waals surface area contributed by atoms with Crippen molar-refractivity contribution >= 4 is 5.97 Å². The first-order chi connectivity index (χ1) is 15.2. The molecule has 0 bridgehead atoms. The van der Waals surface area contributed by atoms with E-state index in [1.54, 1.807) is 0 Å². The average Bonchev–Trinajstić information content (AvgIpc) is 3.40. The highest BCUT2D eigenvalue weighted by molar-refractivity contribution is 5.67. The third-order valence-corrected chi connectivity index (χ3v) is 8.96. The van der Waals surface area contributed by atoms with Crippen LogP contribution in [0.5, 0.6) is 0 Å². The van der Waals surface area contributed by atoms with E-state index in [9.17, 15) is 9.90 Å². The Balaban J connectivity index is 1.25. The molecule has 4 saturated heterocycles. The summed E-state index contributed by atoms with van der Waals surface area (Å²) in [6, 6.07) is 0.105. The Morgan fingerprint density at radius 2 is 1.81 bits per heavy atom. The summed E-state index contributed by atoms with van der Waals surface area (Å²) in [5.74, 6) is 3.06. The van der Waals surface area contributed by atoms with Crippen molar-refractivity contribution in [1.29, 1.82) is 0 Å². The summed E-state index contributed by atoms with van der Waals surface area (Å²) >= 11 is 0. The van der Waals surface area contributed by atoms with Crippen molar-refractivity contribution in [3.8, 4) is 0 Å². The quantitative estimate of drug-likeness (QED) is 0.508. The van der Waals surface area contributed by atoms with Gasteiger partial charge in [0.25, 0.3) is 0 Å². The predicted octanol–water partition coefficient (Wildman–Crippen LogP) is 1.71. The summed E-state index contributed by atoms with van der Waals surface area (Å²) in [6.07, 6.45) is 11.6. The van der Waals surface area contributed by atoms with Crippen LogP contribution in [0.25, 0.3) is 0 Å². The Hall–Kier alpha value is -0.730. The number of hydrogen-bond acceptors (Lipinski definition) is 6. The lowest BCUT2D eigenvalue weighted by molar-refractivity contribution is -0.137. The number of carboxylic acids is 1. The maximum Gasteiger partial charge on any atom is 0.304 e. The topological polar surface area (TPSA) is 79.9 Å². The van der Waals surface area contributed by atoms with E-state index in [4.69, 9.17) is 0 Å².